The van der Waals surface area contributed by atoms with Crippen molar-refractivity contribution in [2.45, 2.75) is 44.9 Å². The fourth-order valence-electron chi connectivity index (χ4n) is 3.41. The van der Waals surface area contributed by atoms with E-state index in [-0.39, 0.29) is 5.91 Å². The fourth-order valence-corrected chi connectivity index (χ4v) is 3.41. The molecule has 3 N–H and O–H groups in total. The Morgan fingerprint density at radius 1 is 1.12 bits per heavy atom. The zero-order chi connectivity index (χ0) is 11.4. The van der Waals surface area contributed by atoms with Crippen molar-refractivity contribution in [1.82, 2.24) is 5.32 Å². The molecule has 1 saturated carbocycles. The minimum atomic E-state index is -0.137. The minimum Gasteiger partial charge on any atom is -0.370 e. The lowest BCUT2D eigenvalue weighted by atomic mass is 9.79. The van der Waals surface area contributed by atoms with Gasteiger partial charge in [-0.2, -0.15) is 0 Å². The average Bonchev–Trinajstić information content (AvgIpc) is 2.66. The summed E-state index contributed by atoms with van der Waals surface area (Å²) in [5.74, 6) is 1.96. The zero-order valence-electron chi connectivity index (χ0n) is 10.1. The highest BCUT2D eigenvalue weighted by molar-refractivity contribution is 5.74. The Hall–Kier alpha value is -0.570. The van der Waals surface area contributed by atoms with Gasteiger partial charge in [-0.1, -0.05) is 32.1 Å². The molecule has 92 valence electrons. The molecule has 1 amide bonds. The Bertz CT molecular complexity index is 236. The maximum atomic E-state index is 11.0. The second kappa shape index (κ2) is 5.67. The molecule has 0 aromatic carbocycles. The van der Waals surface area contributed by atoms with Gasteiger partial charge in [0, 0.05) is 6.42 Å². The lowest BCUT2D eigenvalue weighted by Gasteiger charge is -2.26. The van der Waals surface area contributed by atoms with Gasteiger partial charge in [-0.05, 0) is 37.3 Å². The molecule has 1 heterocycles. The van der Waals surface area contributed by atoms with Gasteiger partial charge < -0.3 is 11.1 Å². The Balaban J connectivity index is 1.80. The minimum absolute atomic E-state index is 0.137. The molecule has 0 spiro atoms. The molecular weight excluding hydrogens is 200 g/mol. The molecule has 1 saturated heterocycles. The van der Waals surface area contributed by atoms with Crippen LogP contribution in [0.15, 0.2) is 0 Å². The predicted octanol–water partition coefficient (Wildman–Crippen LogP) is 1.67. The number of carbonyl (C=O) groups excluding carboxylic acids is 1. The highest BCUT2D eigenvalue weighted by atomic mass is 16.1. The predicted molar refractivity (Wildman–Crippen MR) is 64.9 cm³/mol. The van der Waals surface area contributed by atoms with E-state index < -0.39 is 0 Å². The van der Waals surface area contributed by atoms with Crippen LogP contribution in [0.4, 0.5) is 0 Å². The first kappa shape index (κ1) is 11.9. The van der Waals surface area contributed by atoms with Crippen LogP contribution in [-0.4, -0.2) is 19.0 Å². The Kier molecular flexibility index (Phi) is 4.22. The molecule has 0 unspecified atom stereocenters. The molecular formula is C13H24N2O. The first-order valence-corrected chi connectivity index (χ1v) is 6.74. The van der Waals surface area contributed by atoms with Crippen LogP contribution in [0.3, 0.4) is 0 Å². The maximum absolute atomic E-state index is 11.0. The van der Waals surface area contributed by atoms with Gasteiger partial charge in [0.1, 0.15) is 0 Å². The lowest BCUT2D eigenvalue weighted by Crippen LogP contribution is -2.23. The van der Waals surface area contributed by atoms with Gasteiger partial charge in [0.25, 0.3) is 0 Å². The van der Waals surface area contributed by atoms with Crippen LogP contribution < -0.4 is 11.1 Å². The second-order valence-corrected chi connectivity index (χ2v) is 5.59. The van der Waals surface area contributed by atoms with Gasteiger partial charge in [-0.3, -0.25) is 4.79 Å². The molecule has 0 radical (unpaired) electrons. The largest absolute Gasteiger partial charge is 0.370 e. The summed E-state index contributed by atoms with van der Waals surface area (Å²) in [5.41, 5.74) is 5.30. The van der Waals surface area contributed by atoms with Gasteiger partial charge in [0.15, 0.2) is 0 Å². The van der Waals surface area contributed by atoms with Crippen LogP contribution in [0.2, 0.25) is 0 Å². The van der Waals surface area contributed by atoms with E-state index in [2.05, 4.69) is 5.32 Å². The van der Waals surface area contributed by atoms with E-state index in [1.165, 1.54) is 38.5 Å². The summed E-state index contributed by atoms with van der Waals surface area (Å²) in [7, 11) is 0. The number of carbonyl (C=O) groups is 1. The number of hydrogen-bond acceptors (Lipinski definition) is 2. The third-order valence-electron chi connectivity index (χ3n) is 4.30. The van der Waals surface area contributed by atoms with Crippen molar-refractivity contribution in [2.75, 3.05) is 13.1 Å². The third-order valence-corrected chi connectivity index (χ3v) is 4.30. The molecule has 2 fully saturated rings. The van der Waals surface area contributed by atoms with E-state index in [0.717, 1.165) is 19.0 Å². The summed E-state index contributed by atoms with van der Waals surface area (Å²) in [6, 6.07) is 0. The van der Waals surface area contributed by atoms with Gasteiger partial charge in [0.05, 0.1) is 0 Å². The van der Waals surface area contributed by atoms with Gasteiger partial charge in [-0.15, -0.1) is 0 Å². The van der Waals surface area contributed by atoms with E-state index in [0.29, 0.717) is 18.3 Å². The smallest absolute Gasteiger partial charge is 0.217 e. The molecule has 0 aromatic rings. The summed E-state index contributed by atoms with van der Waals surface area (Å²) in [6.07, 6.45) is 8.93. The second-order valence-electron chi connectivity index (χ2n) is 5.59. The van der Waals surface area contributed by atoms with E-state index in [1.54, 1.807) is 0 Å². The van der Waals surface area contributed by atoms with Crippen LogP contribution in [0.5, 0.6) is 0 Å². The van der Waals surface area contributed by atoms with Gasteiger partial charge in [0.2, 0.25) is 5.91 Å². The van der Waals surface area contributed by atoms with Crippen molar-refractivity contribution in [1.29, 1.82) is 0 Å². The molecule has 16 heavy (non-hydrogen) atoms. The number of nitrogens with one attached hydrogen (secondary N) is 1. The van der Waals surface area contributed by atoms with E-state index in [1.807, 2.05) is 0 Å². The Morgan fingerprint density at radius 3 is 2.50 bits per heavy atom. The standard InChI is InChI=1S/C13H24N2O/c14-13(16)7-12-9-15-8-11(12)6-10-4-2-1-3-5-10/h10-12,15H,1-9H2,(H2,14,16)/t11-,12-/m1/s1. The molecule has 2 rings (SSSR count). The molecule has 3 nitrogen and oxygen atoms in total. The molecule has 2 atom stereocenters. The number of hydrogen-bond donors (Lipinski definition) is 2. The quantitative estimate of drug-likeness (QED) is 0.763. The van der Waals surface area contributed by atoms with Crippen molar-refractivity contribution >= 4 is 5.91 Å². The number of rotatable bonds is 4. The Morgan fingerprint density at radius 2 is 1.81 bits per heavy atom. The first-order valence-electron chi connectivity index (χ1n) is 6.74. The molecule has 2 aliphatic rings. The van der Waals surface area contributed by atoms with Gasteiger partial charge >= 0.3 is 0 Å². The summed E-state index contributed by atoms with van der Waals surface area (Å²) in [4.78, 5) is 11.0. The van der Waals surface area contributed by atoms with Crippen molar-refractivity contribution < 1.29 is 4.79 Å². The maximum Gasteiger partial charge on any atom is 0.217 e. The first-order chi connectivity index (χ1) is 7.75. The monoisotopic (exact) mass is 224 g/mol. The average molecular weight is 224 g/mol. The topological polar surface area (TPSA) is 55.1 Å². The van der Waals surface area contributed by atoms with Crippen LogP contribution in [0.25, 0.3) is 0 Å². The normalized spacial score (nSPS) is 31.8. The zero-order valence-corrected chi connectivity index (χ0v) is 10.1. The van der Waals surface area contributed by atoms with Crippen molar-refractivity contribution in [3.8, 4) is 0 Å². The van der Waals surface area contributed by atoms with E-state index in [4.69, 9.17) is 5.73 Å². The Labute approximate surface area is 98.2 Å². The van der Waals surface area contributed by atoms with Crippen molar-refractivity contribution in [2.24, 2.45) is 23.5 Å². The van der Waals surface area contributed by atoms with Crippen molar-refractivity contribution in [3.05, 3.63) is 0 Å². The van der Waals surface area contributed by atoms with Crippen LogP contribution in [0.1, 0.15) is 44.9 Å². The summed E-state index contributed by atoms with van der Waals surface area (Å²) >= 11 is 0. The van der Waals surface area contributed by atoms with Crippen LogP contribution >= 0.6 is 0 Å². The molecule has 0 bridgehead atoms. The molecule has 0 aromatic heterocycles. The van der Waals surface area contributed by atoms with Crippen molar-refractivity contribution in [3.63, 3.8) is 0 Å². The molecule has 1 aliphatic carbocycles. The third kappa shape index (κ3) is 3.21. The lowest BCUT2D eigenvalue weighted by molar-refractivity contribution is -0.119. The molecule has 3 heteroatoms. The van der Waals surface area contributed by atoms with Gasteiger partial charge in [-0.25, -0.2) is 0 Å². The summed E-state index contributed by atoms with van der Waals surface area (Å²) < 4.78 is 0. The van der Waals surface area contributed by atoms with Crippen LogP contribution in [0, 0.1) is 17.8 Å². The highest BCUT2D eigenvalue weighted by Crippen LogP contribution is 2.33. The van der Waals surface area contributed by atoms with Crippen LogP contribution in [-0.2, 0) is 4.79 Å². The number of amides is 1. The van der Waals surface area contributed by atoms with E-state index >= 15 is 0 Å². The highest BCUT2D eigenvalue weighted by Gasteiger charge is 2.30. The fraction of sp³-hybridized carbons (Fsp3) is 0.923. The summed E-state index contributed by atoms with van der Waals surface area (Å²) in [5, 5.41) is 3.41. The summed E-state index contributed by atoms with van der Waals surface area (Å²) in [6.45, 7) is 2.08. The number of nitrogens with two attached hydrogens (primary N) is 1. The number of primary amides is 1. The molecule has 1 aliphatic heterocycles. The SMILES string of the molecule is NC(=O)C[C@@H]1CNC[C@H]1CC1CCCCC1. The van der Waals surface area contributed by atoms with E-state index in [9.17, 15) is 4.79 Å².